The topological polar surface area (TPSA) is 12.5 Å². The van der Waals surface area contributed by atoms with Crippen LogP contribution in [0.15, 0.2) is 0 Å². The van der Waals surface area contributed by atoms with Crippen LogP contribution >= 0.6 is 0 Å². The molecule has 0 aromatic heterocycles. The summed E-state index contributed by atoms with van der Waals surface area (Å²) in [7, 11) is 0. The lowest BCUT2D eigenvalue weighted by atomic mass is 10.1. The first-order valence-corrected chi connectivity index (χ1v) is 5.02. The van der Waals surface area contributed by atoms with E-state index in [1.807, 2.05) is 0 Å². The van der Waals surface area contributed by atoms with Crippen molar-refractivity contribution in [3.05, 3.63) is 0 Å². The minimum absolute atomic E-state index is 0.436. The lowest BCUT2D eigenvalue weighted by Crippen LogP contribution is -2.41. The van der Waals surface area contributed by atoms with Crippen LogP contribution in [-0.2, 0) is 4.74 Å². The lowest BCUT2D eigenvalue weighted by molar-refractivity contribution is -0.0193. The van der Waals surface area contributed by atoms with Gasteiger partial charge in [-0.25, -0.2) is 0 Å². The predicted octanol–water partition coefficient (Wildman–Crippen LogP) is 1.75. The molecular weight excluding hydrogens is 150 g/mol. The Morgan fingerprint density at radius 2 is 2.25 bits per heavy atom. The molecule has 0 aromatic rings. The van der Waals surface area contributed by atoms with E-state index in [1.165, 1.54) is 13.0 Å². The first-order chi connectivity index (χ1) is 5.68. The Bertz CT molecular complexity index is 125. The molecule has 1 heterocycles. The van der Waals surface area contributed by atoms with E-state index in [0.717, 1.165) is 25.6 Å². The Hall–Kier alpha value is -0.0800. The summed E-state index contributed by atoms with van der Waals surface area (Å²) in [5.74, 6) is 0.822. The maximum absolute atomic E-state index is 5.47. The van der Waals surface area contributed by atoms with Gasteiger partial charge in [0.25, 0.3) is 0 Å². The SMILES string of the molecule is CC(C)CCN1CCOC(C)C1. The van der Waals surface area contributed by atoms with Gasteiger partial charge in [0.2, 0.25) is 0 Å². The molecule has 2 heteroatoms. The van der Waals surface area contributed by atoms with Gasteiger partial charge in [0, 0.05) is 13.1 Å². The summed E-state index contributed by atoms with van der Waals surface area (Å²) < 4.78 is 5.47. The van der Waals surface area contributed by atoms with Crippen molar-refractivity contribution < 1.29 is 4.74 Å². The second kappa shape index (κ2) is 4.83. The minimum atomic E-state index is 0.436. The summed E-state index contributed by atoms with van der Waals surface area (Å²) in [5.41, 5.74) is 0. The largest absolute Gasteiger partial charge is 0.376 e. The summed E-state index contributed by atoms with van der Waals surface area (Å²) >= 11 is 0. The first-order valence-electron chi connectivity index (χ1n) is 5.02. The van der Waals surface area contributed by atoms with E-state index in [2.05, 4.69) is 25.7 Å². The molecule has 1 saturated heterocycles. The molecule has 0 N–H and O–H groups in total. The molecule has 0 bridgehead atoms. The Balaban J connectivity index is 2.14. The fraction of sp³-hybridized carbons (Fsp3) is 1.00. The molecule has 1 aliphatic heterocycles. The van der Waals surface area contributed by atoms with Crippen LogP contribution in [0.4, 0.5) is 0 Å². The van der Waals surface area contributed by atoms with Gasteiger partial charge < -0.3 is 4.74 Å². The van der Waals surface area contributed by atoms with Crippen LogP contribution in [0.25, 0.3) is 0 Å². The fourth-order valence-electron chi connectivity index (χ4n) is 1.53. The number of nitrogens with zero attached hydrogens (tertiary/aromatic N) is 1. The van der Waals surface area contributed by atoms with E-state index in [9.17, 15) is 0 Å². The van der Waals surface area contributed by atoms with Crippen LogP contribution in [0.5, 0.6) is 0 Å². The van der Waals surface area contributed by atoms with E-state index < -0.39 is 0 Å². The summed E-state index contributed by atoms with van der Waals surface area (Å²) in [4.78, 5) is 2.51. The van der Waals surface area contributed by atoms with Crippen LogP contribution in [-0.4, -0.2) is 37.2 Å². The monoisotopic (exact) mass is 171 g/mol. The highest BCUT2D eigenvalue weighted by Crippen LogP contribution is 2.07. The fourth-order valence-corrected chi connectivity index (χ4v) is 1.53. The lowest BCUT2D eigenvalue weighted by Gasteiger charge is -2.31. The van der Waals surface area contributed by atoms with E-state index in [4.69, 9.17) is 4.74 Å². The van der Waals surface area contributed by atoms with E-state index in [-0.39, 0.29) is 0 Å². The molecule has 0 amide bonds. The van der Waals surface area contributed by atoms with Gasteiger partial charge in [-0.2, -0.15) is 0 Å². The number of ether oxygens (including phenoxy) is 1. The van der Waals surface area contributed by atoms with Gasteiger partial charge in [-0.05, 0) is 25.8 Å². The molecule has 0 radical (unpaired) electrons. The quantitative estimate of drug-likeness (QED) is 0.641. The van der Waals surface area contributed by atoms with Crippen molar-refractivity contribution in [2.75, 3.05) is 26.2 Å². The van der Waals surface area contributed by atoms with E-state index in [1.54, 1.807) is 0 Å². The molecule has 1 rings (SSSR count). The van der Waals surface area contributed by atoms with Crippen LogP contribution in [0.1, 0.15) is 27.2 Å². The average Bonchev–Trinajstić information content (AvgIpc) is 2.01. The van der Waals surface area contributed by atoms with Crippen LogP contribution in [0.2, 0.25) is 0 Å². The van der Waals surface area contributed by atoms with Crippen LogP contribution < -0.4 is 0 Å². The van der Waals surface area contributed by atoms with E-state index >= 15 is 0 Å². The van der Waals surface area contributed by atoms with Crippen molar-refractivity contribution in [1.29, 1.82) is 0 Å². The normalized spacial score (nSPS) is 26.5. The van der Waals surface area contributed by atoms with Crippen molar-refractivity contribution in [2.45, 2.75) is 33.3 Å². The molecule has 1 fully saturated rings. The van der Waals surface area contributed by atoms with Gasteiger partial charge >= 0.3 is 0 Å². The minimum Gasteiger partial charge on any atom is -0.376 e. The van der Waals surface area contributed by atoms with Crippen molar-refractivity contribution in [2.24, 2.45) is 5.92 Å². The third kappa shape index (κ3) is 3.55. The molecule has 0 saturated carbocycles. The van der Waals surface area contributed by atoms with Gasteiger partial charge in [-0.15, -0.1) is 0 Å². The van der Waals surface area contributed by atoms with Crippen molar-refractivity contribution in [3.8, 4) is 0 Å². The summed E-state index contributed by atoms with van der Waals surface area (Å²) in [5, 5.41) is 0. The zero-order valence-corrected chi connectivity index (χ0v) is 8.55. The summed E-state index contributed by atoms with van der Waals surface area (Å²) in [6, 6.07) is 0. The second-order valence-electron chi connectivity index (χ2n) is 4.16. The van der Waals surface area contributed by atoms with Gasteiger partial charge in [-0.3, -0.25) is 4.90 Å². The molecule has 0 aromatic carbocycles. The predicted molar refractivity (Wildman–Crippen MR) is 51.3 cm³/mol. The highest BCUT2D eigenvalue weighted by atomic mass is 16.5. The smallest absolute Gasteiger partial charge is 0.0674 e. The van der Waals surface area contributed by atoms with Crippen LogP contribution in [0.3, 0.4) is 0 Å². The number of morpholine rings is 1. The molecule has 72 valence electrons. The number of rotatable bonds is 3. The molecule has 1 atom stereocenters. The van der Waals surface area contributed by atoms with Crippen molar-refractivity contribution in [3.63, 3.8) is 0 Å². The second-order valence-corrected chi connectivity index (χ2v) is 4.16. The van der Waals surface area contributed by atoms with Crippen molar-refractivity contribution in [1.82, 2.24) is 4.90 Å². The summed E-state index contributed by atoms with van der Waals surface area (Å²) in [6.45, 7) is 11.1. The van der Waals surface area contributed by atoms with Gasteiger partial charge in [-0.1, -0.05) is 13.8 Å². The van der Waals surface area contributed by atoms with Gasteiger partial charge in [0.05, 0.1) is 12.7 Å². The standard InChI is InChI=1S/C10H21NO/c1-9(2)4-5-11-6-7-12-10(3)8-11/h9-10H,4-8H2,1-3H3. The Morgan fingerprint density at radius 1 is 1.50 bits per heavy atom. The maximum Gasteiger partial charge on any atom is 0.0674 e. The average molecular weight is 171 g/mol. The zero-order chi connectivity index (χ0) is 8.97. The van der Waals surface area contributed by atoms with Gasteiger partial charge in [0.15, 0.2) is 0 Å². The Labute approximate surface area is 75.9 Å². The first kappa shape index (κ1) is 10.0. The highest BCUT2D eigenvalue weighted by molar-refractivity contribution is 4.67. The maximum atomic E-state index is 5.47. The molecular formula is C10H21NO. The number of hydrogen-bond donors (Lipinski definition) is 0. The molecule has 12 heavy (non-hydrogen) atoms. The number of hydrogen-bond acceptors (Lipinski definition) is 2. The molecule has 2 nitrogen and oxygen atoms in total. The zero-order valence-electron chi connectivity index (χ0n) is 8.55. The third-order valence-corrected chi connectivity index (χ3v) is 2.35. The molecule has 1 aliphatic rings. The Morgan fingerprint density at radius 3 is 2.83 bits per heavy atom. The Kier molecular flexibility index (Phi) is 4.02. The van der Waals surface area contributed by atoms with E-state index in [0.29, 0.717) is 6.10 Å². The molecule has 0 spiro atoms. The van der Waals surface area contributed by atoms with Gasteiger partial charge in [0.1, 0.15) is 0 Å². The molecule has 1 unspecified atom stereocenters. The highest BCUT2D eigenvalue weighted by Gasteiger charge is 2.15. The van der Waals surface area contributed by atoms with Crippen LogP contribution in [0, 0.1) is 5.92 Å². The molecule has 0 aliphatic carbocycles. The van der Waals surface area contributed by atoms with Crippen molar-refractivity contribution >= 4 is 0 Å². The summed E-state index contributed by atoms with van der Waals surface area (Å²) in [6.07, 6.45) is 1.75. The third-order valence-electron chi connectivity index (χ3n) is 2.35.